The molecule has 4 heteroatoms. The second-order valence-electron chi connectivity index (χ2n) is 4.97. The van der Waals surface area contributed by atoms with E-state index in [1.807, 2.05) is 20.8 Å². The van der Waals surface area contributed by atoms with Crippen molar-refractivity contribution in [3.05, 3.63) is 23.8 Å². The minimum atomic E-state index is -0.628. The van der Waals surface area contributed by atoms with Gasteiger partial charge in [-0.25, -0.2) is 4.79 Å². The molecular formula is C13H18O4. The molecule has 2 aliphatic heterocycles. The first-order valence-corrected chi connectivity index (χ1v) is 5.76. The van der Waals surface area contributed by atoms with Crippen LogP contribution in [0.3, 0.4) is 0 Å². The second kappa shape index (κ2) is 4.27. The number of cyclic esters (lactones) is 1. The number of carbonyl (C=O) groups is 1. The van der Waals surface area contributed by atoms with Crippen LogP contribution in [0, 0.1) is 0 Å². The molecule has 0 bridgehead atoms. The van der Waals surface area contributed by atoms with Crippen molar-refractivity contribution in [3.63, 3.8) is 0 Å². The lowest BCUT2D eigenvalue weighted by molar-refractivity contribution is -0.145. The van der Waals surface area contributed by atoms with Crippen LogP contribution < -0.4 is 0 Å². The van der Waals surface area contributed by atoms with Gasteiger partial charge < -0.3 is 14.2 Å². The smallest absolute Gasteiger partial charge is 0.334 e. The molecule has 2 heterocycles. The number of ether oxygens (including phenoxy) is 3. The summed E-state index contributed by atoms with van der Waals surface area (Å²) >= 11 is 0. The highest BCUT2D eigenvalue weighted by molar-refractivity contribution is 5.90. The molecule has 1 fully saturated rings. The van der Waals surface area contributed by atoms with Gasteiger partial charge >= 0.3 is 5.97 Å². The van der Waals surface area contributed by atoms with Crippen LogP contribution in [0.4, 0.5) is 0 Å². The van der Waals surface area contributed by atoms with Gasteiger partial charge in [-0.1, -0.05) is 6.58 Å². The van der Waals surface area contributed by atoms with Crippen LogP contribution in [-0.4, -0.2) is 30.6 Å². The summed E-state index contributed by atoms with van der Waals surface area (Å²) < 4.78 is 16.4. The Morgan fingerprint density at radius 3 is 2.76 bits per heavy atom. The first-order chi connectivity index (χ1) is 7.89. The summed E-state index contributed by atoms with van der Waals surface area (Å²) in [6.45, 7) is 9.91. The lowest BCUT2D eigenvalue weighted by Crippen LogP contribution is -2.24. The van der Waals surface area contributed by atoms with Crippen molar-refractivity contribution < 1.29 is 19.0 Å². The van der Waals surface area contributed by atoms with Crippen molar-refractivity contribution in [2.24, 2.45) is 0 Å². The fourth-order valence-corrected chi connectivity index (χ4v) is 2.18. The predicted molar refractivity (Wildman–Crippen MR) is 62.3 cm³/mol. The molecule has 0 aliphatic carbocycles. The topological polar surface area (TPSA) is 44.8 Å². The molecule has 94 valence electrons. The highest BCUT2D eigenvalue weighted by Crippen LogP contribution is 2.35. The second-order valence-corrected chi connectivity index (χ2v) is 4.97. The van der Waals surface area contributed by atoms with Gasteiger partial charge in [-0.05, 0) is 32.4 Å². The van der Waals surface area contributed by atoms with Crippen LogP contribution in [0.1, 0.15) is 27.2 Å². The Balaban J connectivity index is 2.09. The van der Waals surface area contributed by atoms with Crippen LogP contribution in [-0.2, 0) is 19.0 Å². The van der Waals surface area contributed by atoms with E-state index in [-0.39, 0.29) is 18.2 Å². The fourth-order valence-electron chi connectivity index (χ4n) is 2.18. The quantitative estimate of drug-likeness (QED) is 0.557. The van der Waals surface area contributed by atoms with Crippen molar-refractivity contribution in [1.82, 2.24) is 0 Å². The predicted octanol–water partition coefficient (Wildman–Crippen LogP) is 1.96. The highest BCUT2D eigenvalue weighted by atomic mass is 16.7. The average Bonchev–Trinajstić information content (AvgIpc) is 2.72. The number of hydrogen-bond acceptors (Lipinski definition) is 4. The van der Waals surface area contributed by atoms with Gasteiger partial charge in [0.2, 0.25) is 0 Å². The first kappa shape index (κ1) is 12.3. The van der Waals surface area contributed by atoms with Crippen LogP contribution in [0.15, 0.2) is 23.8 Å². The Hall–Kier alpha value is -1.13. The zero-order valence-corrected chi connectivity index (χ0v) is 10.5. The van der Waals surface area contributed by atoms with Gasteiger partial charge in [-0.3, -0.25) is 0 Å². The summed E-state index contributed by atoms with van der Waals surface area (Å²) in [4.78, 5) is 11.4. The van der Waals surface area contributed by atoms with Crippen LogP contribution in [0.2, 0.25) is 0 Å². The minimum absolute atomic E-state index is 0.167. The monoisotopic (exact) mass is 238 g/mol. The van der Waals surface area contributed by atoms with Gasteiger partial charge in [-0.15, -0.1) is 0 Å². The third-order valence-electron chi connectivity index (χ3n) is 2.90. The molecule has 0 amide bonds. The zero-order chi connectivity index (χ0) is 12.6. The molecule has 4 nitrogen and oxygen atoms in total. The summed E-state index contributed by atoms with van der Waals surface area (Å²) in [5.74, 6) is -0.879. The number of hydrogen-bond donors (Lipinski definition) is 0. The van der Waals surface area contributed by atoms with Crippen molar-refractivity contribution >= 4 is 5.97 Å². The summed E-state index contributed by atoms with van der Waals surface area (Å²) in [5, 5.41) is 0. The van der Waals surface area contributed by atoms with E-state index in [2.05, 4.69) is 6.58 Å². The molecule has 2 aliphatic rings. The van der Waals surface area contributed by atoms with Crippen LogP contribution >= 0.6 is 0 Å². The van der Waals surface area contributed by atoms with Gasteiger partial charge in [0.1, 0.15) is 12.7 Å². The highest BCUT2D eigenvalue weighted by Gasteiger charge is 2.42. The molecule has 0 N–H and O–H groups in total. The molecule has 2 atom stereocenters. The SMILES string of the molecule is C=C(C)C1OC(C)(C)OC1CC1=CCOC1=O. The number of esters is 1. The minimum Gasteiger partial charge on any atom is -0.458 e. The maximum absolute atomic E-state index is 11.4. The van der Waals surface area contributed by atoms with Crippen LogP contribution in [0.5, 0.6) is 0 Å². The molecule has 17 heavy (non-hydrogen) atoms. The molecule has 2 rings (SSSR count). The molecule has 0 aromatic carbocycles. The van der Waals surface area contributed by atoms with E-state index in [0.717, 1.165) is 5.57 Å². The molecule has 0 aromatic rings. The van der Waals surface area contributed by atoms with Gasteiger partial charge in [-0.2, -0.15) is 0 Å². The maximum atomic E-state index is 11.4. The van der Waals surface area contributed by atoms with Crippen LogP contribution in [0.25, 0.3) is 0 Å². The summed E-state index contributed by atoms with van der Waals surface area (Å²) in [5.41, 5.74) is 1.58. The average molecular weight is 238 g/mol. The molecule has 1 saturated heterocycles. The first-order valence-electron chi connectivity index (χ1n) is 5.76. The Kier molecular flexibility index (Phi) is 3.10. The lowest BCUT2D eigenvalue weighted by Gasteiger charge is -2.16. The summed E-state index contributed by atoms with van der Waals surface area (Å²) in [6, 6.07) is 0. The molecule has 0 spiro atoms. The van der Waals surface area contributed by atoms with E-state index < -0.39 is 5.79 Å². The van der Waals surface area contributed by atoms with Gasteiger partial charge in [0.05, 0.1) is 6.10 Å². The largest absolute Gasteiger partial charge is 0.458 e. The Bertz CT molecular complexity index is 381. The van der Waals surface area contributed by atoms with E-state index in [1.54, 1.807) is 6.08 Å². The Labute approximate surface area is 101 Å². The van der Waals surface area contributed by atoms with Crippen molar-refractivity contribution in [2.75, 3.05) is 6.61 Å². The Morgan fingerprint density at radius 1 is 1.53 bits per heavy atom. The summed E-state index contributed by atoms with van der Waals surface area (Å²) in [7, 11) is 0. The third-order valence-corrected chi connectivity index (χ3v) is 2.90. The van der Waals surface area contributed by atoms with E-state index in [9.17, 15) is 4.79 Å². The van der Waals surface area contributed by atoms with Crippen molar-refractivity contribution in [3.8, 4) is 0 Å². The third kappa shape index (κ3) is 2.58. The maximum Gasteiger partial charge on any atom is 0.334 e. The fraction of sp³-hybridized carbons (Fsp3) is 0.615. The van der Waals surface area contributed by atoms with Gasteiger partial charge in [0, 0.05) is 12.0 Å². The number of carbonyl (C=O) groups excluding carboxylic acids is 1. The van der Waals surface area contributed by atoms with Crippen molar-refractivity contribution in [1.29, 1.82) is 0 Å². The molecule has 0 saturated carbocycles. The van der Waals surface area contributed by atoms with E-state index in [1.165, 1.54) is 0 Å². The van der Waals surface area contributed by atoms with E-state index in [0.29, 0.717) is 18.6 Å². The molecule has 0 radical (unpaired) electrons. The lowest BCUT2D eigenvalue weighted by atomic mass is 10.0. The number of rotatable bonds is 3. The van der Waals surface area contributed by atoms with Gasteiger partial charge in [0.15, 0.2) is 5.79 Å². The van der Waals surface area contributed by atoms with E-state index >= 15 is 0 Å². The normalized spacial score (nSPS) is 31.2. The molecule has 0 aromatic heterocycles. The Morgan fingerprint density at radius 2 is 2.24 bits per heavy atom. The zero-order valence-electron chi connectivity index (χ0n) is 10.5. The van der Waals surface area contributed by atoms with Crippen molar-refractivity contribution in [2.45, 2.75) is 45.2 Å². The standard InChI is InChI=1S/C13H18O4/c1-8(2)11-10(16-13(3,4)17-11)7-9-5-6-15-12(9)14/h5,10-11H,1,6-7H2,2-4H3. The molecule has 2 unspecified atom stereocenters. The molecular weight excluding hydrogens is 220 g/mol. The van der Waals surface area contributed by atoms with E-state index in [4.69, 9.17) is 14.2 Å². The van der Waals surface area contributed by atoms with Gasteiger partial charge in [0.25, 0.3) is 0 Å². The summed E-state index contributed by atoms with van der Waals surface area (Å²) in [6.07, 6.45) is 1.98.